The lowest BCUT2D eigenvalue weighted by Crippen LogP contribution is -2.46. The summed E-state index contributed by atoms with van der Waals surface area (Å²) < 4.78 is 29.8. The minimum Gasteiger partial charge on any atom is -0.346 e. The lowest BCUT2D eigenvalue weighted by molar-refractivity contribution is -0.118. The molecule has 1 saturated heterocycles. The molecular weight excluding hydrogens is 570 g/mol. The molecule has 0 bridgehead atoms. The van der Waals surface area contributed by atoms with Crippen molar-refractivity contribution in [3.8, 4) is 11.3 Å². The predicted molar refractivity (Wildman–Crippen MR) is 159 cm³/mol. The van der Waals surface area contributed by atoms with E-state index in [4.69, 9.17) is 16.6 Å². The standard InChI is InChI=1S/C29H37ClF2N6O2S/c1-19(2)16-23-25(21-8-5-6-9-22(21)30)35-26(36(23)3)27(40)34-20(10-14-38-13-7-11-29(31,32)18-38)17-24(39)37(4)28-33-12-15-41-28/h5-6,8-9,12,15,19-20H,7,10-11,13-14,16-18H2,1-4H3,(H,34,40)/t20-/m0/s1. The number of carbonyl (C=O) groups excluding carboxylic acids is 2. The third-order valence-corrected chi connectivity index (χ3v) is 8.43. The molecule has 2 aromatic heterocycles. The number of nitrogens with one attached hydrogen (secondary N) is 1. The van der Waals surface area contributed by atoms with Crippen molar-refractivity contribution >= 4 is 39.9 Å². The van der Waals surface area contributed by atoms with Gasteiger partial charge >= 0.3 is 0 Å². The van der Waals surface area contributed by atoms with Crippen LogP contribution in [0.4, 0.5) is 13.9 Å². The molecule has 0 radical (unpaired) electrons. The van der Waals surface area contributed by atoms with Crippen LogP contribution < -0.4 is 10.2 Å². The molecule has 12 heteroatoms. The number of rotatable bonds is 11. The fourth-order valence-electron chi connectivity index (χ4n) is 5.11. The molecule has 4 rings (SSSR count). The van der Waals surface area contributed by atoms with Crippen LogP contribution in [0.1, 0.15) is 55.8 Å². The van der Waals surface area contributed by atoms with Crippen LogP contribution in [-0.2, 0) is 18.3 Å². The number of hydrogen-bond donors (Lipinski definition) is 1. The van der Waals surface area contributed by atoms with E-state index in [1.165, 1.54) is 16.2 Å². The maximum absolute atomic E-state index is 14.0. The molecule has 3 aromatic rings. The Morgan fingerprint density at radius 1 is 1.27 bits per heavy atom. The number of anilines is 1. The second-order valence-corrected chi connectivity index (χ2v) is 12.3. The van der Waals surface area contributed by atoms with Crippen LogP contribution >= 0.6 is 22.9 Å². The third kappa shape index (κ3) is 7.90. The smallest absolute Gasteiger partial charge is 0.287 e. The molecule has 0 unspecified atom stereocenters. The molecule has 41 heavy (non-hydrogen) atoms. The number of imidazole rings is 1. The van der Waals surface area contributed by atoms with E-state index >= 15 is 0 Å². The number of halogens is 3. The lowest BCUT2D eigenvalue weighted by Gasteiger charge is -2.33. The van der Waals surface area contributed by atoms with Gasteiger partial charge in [0.2, 0.25) is 5.91 Å². The van der Waals surface area contributed by atoms with E-state index in [0.29, 0.717) is 54.1 Å². The Labute approximate surface area is 248 Å². The molecule has 3 heterocycles. The minimum atomic E-state index is -2.73. The van der Waals surface area contributed by atoms with Crippen LogP contribution in [-0.4, -0.2) is 69.9 Å². The van der Waals surface area contributed by atoms with Crippen LogP contribution in [0.3, 0.4) is 0 Å². The van der Waals surface area contributed by atoms with E-state index in [0.717, 1.165) is 11.3 Å². The van der Waals surface area contributed by atoms with Gasteiger partial charge in [-0.3, -0.25) is 19.4 Å². The number of benzene rings is 1. The van der Waals surface area contributed by atoms with Crippen molar-refractivity contribution in [1.29, 1.82) is 0 Å². The van der Waals surface area contributed by atoms with Crippen LogP contribution in [0, 0.1) is 5.92 Å². The molecule has 222 valence electrons. The molecule has 1 aromatic carbocycles. The molecule has 8 nitrogen and oxygen atoms in total. The number of nitrogens with zero attached hydrogens (tertiary/aromatic N) is 5. The van der Waals surface area contributed by atoms with Gasteiger partial charge in [-0.2, -0.15) is 0 Å². The average Bonchev–Trinajstić information content (AvgIpc) is 3.55. The lowest BCUT2D eigenvalue weighted by atomic mass is 10.0. The van der Waals surface area contributed by atoms with E-state index in [1.807, 2.05) is 18.2 Å². The highest BCUT2D eigenvalue weighted by atomic mass is 35.5. The number of amides is 2. The summed E-state index contributed by atoms with van der Waals surface area (Å²) in [6, 6.07) is 6.78. The average molecular weight is 607 g/mol. The first-order chi connectivity index (χ1) is 19.4. The summed E-state index contributed by atoms with van der Waals surface area (Å²) in [5, 5.41) is 5.85. The number of aromatic nitrogens is 3. The van der Waals surface area contributed by atoms with Gasteiger partial charge in [-0.15, -0.1) is 11.3 Å². The summed E-state index contributed by atoms with van der Waals surface area (Å²) in [6.45, 7) is 4.75. The first kappa shape index (κ1) is 31.1. The summed E-state index contributed by atoms with van der Waals surface area (Å²) >= 11 is 7.84. The Bertz CT molecular complexity index is 1350. The first-order valence-electron chi connectivity index (χ1n) is 13.8. The molecule has 1 fully saturated rings. The van der Waals surface area contributed by atoms with Gasteiger partial charge in [-0.1, -0.05) is 43.6 Å². The van der Waals surface area contributed by atoms with Crippen molar-refractivity contribution in [1.82, 2.24) is 24.8 Å². The summed E-state index contributed by atoms with van der Waals surface area (Å²) in [7, 11) is 3.43. The van der Waals surface area contributed by atoms with Gasteiger partial charge in [0.25, 0.3) is 11.8 Å². The SMILES string of the molecule is CC(C)Cc1c(-c2ccccc2Cl)nc(C(=O)N[C@@H](CCN2CCCC(F)(F)C2)CC(=O)N(C)c2nccs2)n1C. The monoisotopic (exact) mass is 606 g/mol. The Kier molecular flexibility index (Phi) is 10.1. The summed E-state index contributed by atoms with van der Waals surface area (Å²) in [6.07, 6.45) is 2.92. The fourth-order valence-corrected chi connectivity index (χ4v) is 5.96. The number of piperidine rings is 1. The number of thiazole rings is 1. The Hall–Kier alpha value is -2.89. The number of carbonyl (C=O) groups is 2. The van der Waals surface area contributed by atoms with Crippen molar-refractivity contribution in [2.75, 3.05) is 31.6 Å². The Balaban J connectivity index is 1.57. The van der Waals surface area contributed by atoms with Crippen molar-refractivity contribution in [2.24, 2.45) is 13.0 Å². The quantitative estimate of drug-likeness (QED) is 0.304. The largest absolute Gasteiger partial charge is 0.346 e. The Morgan fingerprint density at radius 3 is 2.68 bits per heavy atom. The van der Waals surface area contributed by atoms with Gasteiger partial charge in [0.15, 0.2) is 11.0 Å². The molecule has 1 atom stereocenters. The predicted octanol–water partition coefficient (Wildman–Crippen LogP) is 5.67. The van der Waals surface area contributed by atoms with Crippen LogP contribution in [0.5, 0.6) is 0 Å². The zero-order chi connectivity index (χ0) is 29.7. The van der Waals surface area contributed by atoms with Gasteiger partial charge in [-0.05, 0) is 37.8 Å². The minimum absolute atomic E-state index is 0.00724. The van der Waals surface area contributed by atoms with Gasteiger partial charge in [-0.25, -0.2) is 18.7 Å². The van der Waals surface area contributed by atoms with Gasteiger partial charge in [0.1, 0.15) is 0 Å². The zero-order valence-electron chi connectivity index (χ0n) is 23.9. The van der Waals surface area contributed by atoms with Crippen LogP contribution in [0.2, 0.25) is 5.02 Å². The van der Waals surface area contributed by atoms with Gasteiger partial charge in [0, 0.05) is 62.4 Å². The first-order valence-corrected chi connectivity index (χ1v) is 15.1. The third-order valence-electron chi connectivity index (χ3n) is 7.25. The van der Waals surface area contributed by atoms with E-state index in [-0.39, 0.29) is 31.1 Å². The maximum atomic E-state index is 14.0. The molecule has 2 amide bonds. The molecular formula is C29H37ClF2N6O2S. The highest BCUT2D eigenvalue weighted by molar-refractivity contribution is 7.13. The summed E-state index contributed by atoms with van der Waals surface area (Å²) in [5.41, 5.74) is 2.26. The van der Waals surface area contributed by atoms with Gasteiger partial charge in [0.05, 0.1) is 17.3 Å². The van der Waals surface area contributed by atoms with E-state index < -0.39 is 17.9 Å². The van der Waals surface area contributed by atoms with Crippen LogP contribution in [0.15, 0.2) is 35.8 Å². The van der Waals surface area contributed by atoms with Crippen LogP contribution in [0.25, 0.3) is 11.3 Å². The van der Waals surface area contributed by atoms with Crippen molar-refractivity contribution < 1.29 is 18.4 Å². The van der Waals surface area contributed by atoms with E-state index in [9.17, 15) is 18.4 Å². The molecule has 1 N–H and O–H groups in total. The van der Waals surface area contributed by atoms with E-state index in [1.54, 1.807) is 41.2 Å². The summed E-state index contributed by atoms with van der Waals surface area (Å²) in [4.78, 5) is 38.9. The van der Waals surface area contributed by atoms with Crippen molar-refractivity contribution in [3.05, 3.63) is 52.4 Å². The highest BCUT2D eigenvalue weighted by Crippen LogP contribution is 2.32. The number of likely N-dealkylation sites (tertiary alicyclic amines) is 1. The highest BCUT2D eigenvalue weighted by Gasteiger charge is 2.35. The topological polar surface area (TPSA) is 83.4 Å². The molecule has 0 saturated carbocycles. The Morgan fingerprint density at radius 2 is 2.02 bits per heavy atom. The fraction of sp³-hybridized carbons (Fsp3) is 0.517. The van der Waals surface area contributed by atoms with Gasteiger partial charge < -0.3 is 9.88 Å². The second kappa shape index (κ2) is 13.4. The number of hydrogen-bond acceptors (Lipinski definition) is 6. The molecule has 1 aliphatic heterocycles. The molecule has 0 spiro atoms. The second-order valence-electron chi connectivity index (χ2n) is 11.0. The number of alkyl halides is 2. The normalized spacial score (nSPS) is 16.1. The zero-order valence-corrected chi connectivity index (χ0v) is 25.4. The van der Waals surface area contributed by atoms with Crippen molar-refractivity contribution in [3.63, 3.8) is 0 Å². The van der Waals surface area contributed by atoms with Crippen molar-refractivity contribution in [2.45, 2.75) is 57.9 Å². The maximum Gasteiger partial charge on any atom is 0.287 e. The molecule has 1 aliphatic rings. The molecule has 0 aliphatic carbocycles. The summed E-state index contributed by atoms with van der Waals surface area (Å²) in [5.74, 6) is -2.89. The van der Waals surface area contributed by atoms with E-state index in [2.05, 4.69) is 24.1 Å².